The first-order chi connectivity index (χ1) is 11.6. The van der Waals surface area contributed by atoms with Crippen LogP contribution in [-0.4, -0.2) is 27.4 Å². The molecule has 0 spiro atoms. The molecule has 0 bridgehead atoms. The van der Waals surface area contributed by atoms with Gasteiger partial charge in [0.15, 0.2) is 0 Å². The van der Waals surface area contributed by atoms with Gasteiger partial charge < -0.3 is 5.11 Å². The first-order valence-corrected chi connectivity index (χ1v) is 7.05. The zero-order valence-electron chi connectivity index (χ0n) is 12.4. The van der Waals surface area contributed by atoms with E-state index in [1.165, 1.54) is 42.6 Å². The molecule has 3 N–H and O–H groups in total. The molecule has 0 fully saturated rings. The van der Waals surface area contributed by atoms with E-state index >= 15 is 0 Å². The monoisotopic (exact) mass is 324 g/mol. The minimum atomic E-state index is -0.405. The molecule has 0 saturated carbocycles. The second-order valence-corrected chi connectivity index (χ2v) is 4.95. The van der Waals surface area contributed by atoms with Crippen LogP contribution in [0.2, 0.25) is 0 Å². The number of nitrogens with one attached hydrogen (secondary N) is 2. The van der Waals surface area contributed by atoms with E-state index in [9.17, 15) is 14.3 Å². The van der Waals surface area contributed by atoms with Crippen LogP contribution in [0.25, 0.3) is 11.3 Å². The van der Waals surface area contributed by atoms with Crippen LogP contribution in [0.4, 0.5) is 4.39 Å². The number of carbonyl (C=O) groups is 1. The third-order valence-electron chi connectivity index (χ3n) is 3.30. The van der Waals surface area contributed by atoms with Gasteiger partial charge in [-0.25, -0.2) is 9.82 Å². The molecule has 0 aliphatic heterocycles. The summed E-state index contributed by atoms with van der Waals surface area (Å²) in [4.78, 5) is 11.9. The van der Waals surface area contributed by atoms with E-state index in [-0.39, 0.29) is 11.6 Å². The van der Waals surface area contributed by atoms with E-state index < -0.39 is 5.91 Å². The summed E-state index contributed by atoms with van der Waals surface area (Å²) in [7, 11) is 0. The molecule has 6 nitrogen and oxygen atoms in total. The van der Waals surface area contributed by atoms with Crippen molar-refractivity contribution in [2.24, 2.45) is 5.10 Å². The Bertz CT molecular complexity index is 870. The molecule has 2 aromatic carbocycles. The fourth-order valence-electron chi connectivity index (χ4n) is 2.08. The molecular formula is C17H13FN4O2. The van der Waals surface area contributed by atoms with Crippen molar-refractivity contribution >= 4 is 12.1 Å². The van der Waals surface area contributed by atoms with Crippen LogP contribution in [-0.2, 0) is 0 Å². The Morgan fingerprint density at radius 3 is 2.58 bits per heavy atom. The minimum absolute atomic E-state index is 0.0809. The van der Waals surface area contributed by atoms with E-state index in [4.69, 9.17) is 0 Å². The van der Waals surface area contributed by atoms with Gasteiger partial charge in [-0.2, -0.15) is 10.2 Å². The van der Waals surface area contributed by atoms with Crippen LogP contribution in [0.1, 0.15) is 15.9 Å². The molecule has 1 heterocycles. The average molecular weight is 324 g/mol. The molecule has 0 radical (unpaired) electrons. The van der Waals surface area contributed by atoms with Gasteiger partial charge in [0.05, 0.1) is 18.1 Å². The van der Waals surface area contributed by atoms with E-state index in [2.05, 4.69) is 20.7 Å². The van der Waals surface area contributed by atoms with Gasteiger partial charge in [-0.15, -0.1) is 0 Å². The fourth-order valence-corrected chi connectivity index (χ4v) is 2.08. The molecule has 24 heavy (non-hydrogen) atoms. The highest BCUT2D eigenvalue weighted by Gasteiger charge is 2.07. The quantitative estimate of drug-likeness (QED) is 0.509. The molecule has 7 heteroatoms. The summed E-state index contributed by atoms with van der Waals surface area (Å²) >= 11 is 0. The lowest BCUT2D eigenvalue weighted by molar-refractivity contribution is 0.0955. The van der Waals surface area contributed by atoms with Crippen LogP contribution < -0.4 is 5.43 Å². The van der Waals surface area contributed by atoms with Crippen LogP contribution in [0.15, 0.2) is 59.8 Å². The molecule has 3 aromatic rings. The van der Waals surface area contributed by atoms with E-state index in [0.717, 1.165) is 5.56 Å². The number of hydrogen-bond donors (Lipinski definition) is 3. The van der Waals surface area contributed by atoms with Crippen LogP contribution in [0.5, 0.6) is 5.75 Å². The number of rotatable bonds is 4. The fraction of sp³-hybridized carbons (Fsp3) is 0. The van der Waals surface area contributed by atoms with E-state index in [1.54, 1.807) is 18.3 Å². The summed E-state index contributed by atoms with van der Waals surface area (Å²) in [6, 6.07) is 11.8. The first-order valence-electron chi connectivity index (χ1n) is 7.05. The van der Waals surface area contributed by atoms with Gasteiger partial charge in [-0.05, 0) is 48.5 Å². The Kier molecular flexibility index (Phi) is 4.33. The lowest BCUT2D eigenvalue weighted by Gasteiger charge is -2.01. The number of hydrazone groups is 1. The number of phenols is 1. The number of amides is 1. The second-order valence-electron chi connectivity index (χ2n) is 4.95. The van der Waals surface area contributed by atoms with Crippen LogP contribution in [0.3, 0.4) is 0 Å². The zero-order valence-corrected chi connectivity index (χ0v) is 12.4. The molecule has 3 rings (SSSR count). The smallest absolute Gasteiger partial charge is 0.271 e. The lowest BCUT2D eigenvalue weighted by Crippen LogP contribution is -2.17. The summed E-state index contributed by atoms with van der Waals surface area (Å²) in [5.74, 6) is -0.648. The number of nitrogens with zero attached hydrogens (tertiary/aromatic N) is 2. The van der Waals surface area contributed by atoms with Crippen molar-refractivity contribution in [2.45, 2.75) is 0 Å². The third-order valence-corrected chi connectivity index (χ3v) is 3.30. The average Bonchev–Trinajstić information content (AvgIpc) is 3.04. The van der Waals surface area contributed by atoms with Gasteiger partial charge in [0, 0.05) is 16.7 Å². The van der Waals surface area contributed by atoms with Crippen molar-refractivity contribution < 1.29 is 14.3 Å². The van der Waals surface area contributed by atoms with Crippen LogP contribution >= 0.6 is 0 Å². The minimum Gasteiger partial charge on any atom is -0.508 e. The highest BCUT2D eigenvalue weighted by Crippen LogP contribution is 2.20. The molecule has 0 aliphatic rings. The Balaban J connectivity index is 1.71. The number of aromatic amines is 1. The Morgan fingerprint density at radius 2 is 1.88 bits per heavy atom. The summed E-state index contributed by atoms with van der Waals surface area (Å²) in [5.41, 5.74) is 4.82. The highest BCUT2D eigenvalue weighted by atomic mass is 19.1. The standard InChI is InChI=1S/C17H13FN4O2/c18-14-5-1-11(2-6-14)16-13(9-19-21-16)10-20-22-17(24)12-3-7-15(23)8-4-12/h1-10,23H,(H,19,21)(H,22,24)/b20-10+. The predicted octanol–water partition coefficient (Wildman–Crippen LogP) is 2.69. The summed E-state index contributed by atoms with van der Waals surface area (Å²) < 4.78 is 13.0. The molecule has 120 valence electrons. The lowest BCUT2D eigenvalue weighted by atomic mass is 10.1. The molecule has 0 atom stereocenters. The molecule has 1 amide bonds. The van der Waals surface area contributed by atoms with E-state index in [1.807, 2.05) is 0 Å². The largest absolute Gasteiger partial charge is 0.508 e. The number of aromatic hydroxyl groups is 1. The number of benzene rings is 2. The van der Waals surface area contributed by atoms with Gasteiger partial charge in [0.1, 0.15) is 11.6 Å². The summed E-state index contributed by atoms with van der Waals surface area (Å²) in [6.07, 6.45) is 3.00. The van der Waals surface area contributed by atoms with Crippen LogP contribution in [0, 0.1) is 5.82 Å². The molecular weight excluding hydrogens is 311 g/mol. The Labute approximate surface area is 136 Å². The summed E-state index contributed by atoms with van der Waals surface area (Å²) in [5, 5.41) is 19.8. The van der Waals surface area contributed by atoms with Crippen molar-refractivity contribution in [2.75, 3.05) is 0 Å². The number of halogens is 1. The maximum Gasteiger partial charge on any atom is 0.271 e. The maximum absolute atomic E-state index is 13.0. The molecule has 1 aromatic heterocycles. The molecule has 0 aliphatic carbocycles. The van der Waals surface area contributed by atoms with Crippen molar-refractivity contribution in [1.29, 1.82) is 0 Å². The van der Waals surface area contributed by atoms with Gasteiger partial charge in [-0.1, -0.05) is 0 Å². The van der Waals surface area contributed by atoms with Crippen molar-refractivity contribution in [3.8, 4) is 17.0 Å². The number of aromatic nitrogens is 2. The van der Waals surface area contributed by atoms with Crippen molar-refractivity contribution in [3.63, 3.8) is 0 Å². The third kappa shape index (κ3) is 3.46. The SMILES string of the molecule is O=C(N/N=C/c1cn[nH]c1-c1ccc(F)cc1)c1ccc(O)cc1. The Hall–Kier alpha value is -3.48. The second kappa shape index (κ2) is 6.74. The van der Waals surface area contributed by atoms with Gasteiger partial charge in [-0.3, -0.25) is 9.89 Å². The predicted molar refractivity (Wildman–Crippen MR) is 87.1 cm³/mol. The topological polar surface area (TPSA) is 90.4 Å². The van der Waals surface area contributed by atoms with Gasteiger partial charge >= 0.3 is 0 Å². The normalized spacial score (nSPS) is 10.9. The van der Waals surface area contributed by atoms with Crippen molar-refractivity contribution in [3.05, 3.63) is 71.7 Å². The van der Waals surface area contributed by atoms with E-state index in [0.29, 0.717) is 16.8 Å². The number of hydrogen-bond acceptors (Lipinski definition) is 4. The number of carbonyl (C=O) groups excluding carboxylic acids is 1. The van der Waals surface area contributed by atoms with Gasteiger partial charge in [0.2, 0.25) is 0 Å². The highest BCUT2D eigenvalue weighted by molar-refractivity contribution is 5.95. The molecule has 0 saturated heterocycles. The zero-order chi connectivity index (χ0) is 16.9. The summed E-state index contributed by atoms with van der Waals surface area (Å²) in [6.45, 7) is 0. The number of H-pyrrole nitrogens is 1. The number of phenolic OH excluding ortho intramolecular Hbond substituents is 1. The molecule has 0 unspecified atom stereocenters. The first kappa shape index (κ1) is 15.4. The Morgan fingerprint density at radius 1 is 1.17 bits per heavy atom. The van der Waals surface area contributed by atoms with Crippen molar-refractivity contribution in [1.82, 2.24) is 15.6 Å². The maximum atomic E-state index is 13.0. The van der Waals surface area contributed by atoms with Gasteiger partial charge in [0.25, 0.3) is 5.91 Å².